The van der Waals surface area contributed by atoms with Crippen LogP contribution >= 0.6 is 0 Å². The molecule has 3 heteroatoms. The summed E-state index contributed by atoms with van der Waals surface area (Å²) in [6.07, 6.45) is 0. The van der Waals surface area contributed by atoms with E-state index < -0.39 is 0 Å². The monoisotopic (exact) mass is 767 g/mol. The predicted octanol–water partition coefficient (Wildman–Crippen LogP) is 15.3. The van der Waals surface area contributed by atoms with Gasteiger partial charge in [-0.3, -0.25) is 0 Å². The zero-order valence-corrected chi connectivity index (χ0v) is 33.5. The van der Waals surface area contributed by atoms with Crippen LogP contribution in [0.1, 0.15) is 25.0 Å². The molecule has 3 nitrogen and oxygen atoms in total. The molecule has 0 saturated carbocycles. The van der Waals surface area contributed by atoms with Crippen molar-refractivity contribution in [1.82, 2.24) is 9.13 Å². The fraction of sp³-hybridized carbons (Fsp3) is 0.0526. The highest BCUT2D eigenvalue weighted by molar-refractivity contribution is 6.12. The van der Waals surface area contributed by atoms with Gasteiger partial charge in [0.25, 0.3) is 0 Å². The van der Waals surface area contributed by atoms with E-state index in [1.807, 2.05) is 0 Å². The number of rotatable bonds is 6. The van der Waals surface area contributed by atoms with Crippen molar-refractivity contribution >= 4 is 60.7 Å². The molecule has 12 rings (SSSR count). The van der Waals surface area contributed by atoms with Crippen molar-refractivity contribution in [3.05, 3.63) is 223 Å². The average molecular weight is 768 g/mol. The average Bonchev–Trinajstić information content (AvgIpc) is 3.89. The van der Waals surface area contributed by atoms with E-state index in [0.717, 1.165) is 28.4 Å². The third-order valence-electron chi connectivity index (χ3n) is 12.9. The Bertz CT molecular complexity index is 3390. The normalized spacial score (nSPS) is 13.0. The number of hydrogen-bond donors (Lipinski definition) is 0. The van der Waals surface area contributed by atoms with Gasteiger partial charge in [0.1, 0.15) is 0 Å². The molecule has 1 aliphatic rings. The molecule has 0 radical (unpaired) electrons. The van der Waals surface area contributed by atoms with Gasteiger partial charge in [-0.25, -0.2) is 0 Å². The summed E-state index contributed by atoms with van der Waals surface area (Å²) in [4.78, 5) is 2.31. The lowest BCUT2D eigenvalue weighted by atomic mass is 9.82. The Labute approximate surface area is 349 Å². The Kier molecular flexibility index (Phi) is 7.58. The maximum Gasteiger partial charge on any atom is 0.0547 e. The second-order valence-corrected chi connectivity index (χ2v) is 16.6. The summed E-state index contributed by atoms with van der Waals surface area (Å²) in [5.41, 5.74) is 18.4. The Morgan fingerprint density at radius 1 is 0.333 bits per heavy atom. The Morgan fingerprint density at radius 2 is 0.817 bits per heavy atom. The Morgan fingerprint density at radius 3 is 1.47 bits per heavy atom. The van der Waals surface area contributed by atoms with Crippen molar-refractivity contribution in [3.63, 3.8) is 0 Å². The number of fused-ring (bicyclic) bond motifs is 9. The van der Waals surface area contributed by atoms with E-state index >= 15 is 0 Å². The van der Waals surface area contributed by atoms with Crippen LogP contribution in [0.2, 0.25) is 0 Å². The van der Waals surface area contributed by atoms with Gasteiger partial charge in [-0.05, 0) is 130 Å². The summed E-state index contributed by atoms with van der Waals surface area (Å²) in [6, 6.07) is 77.6. The van der Waals surface area contributed by atoms with Crippen molar-refractivity contribution in [2.24, 2.45) is 0 Å². The maximum atomic E-state index is 2.46. The van der Waals surface area contributed by atoms with E-state index in [1.165, 1.54) is 77.0 Å². The molecule has 2 aromatic heterocycles. The molecule has 0 atom stereocenters. The fourth-order valence-corrected chi connectivity index (χ4v) is 10.0. The first-order chi connectivity index (χ1) is 29.5. The molecule has 1 aliphatic carbocycles. The first-order valence-electron chi connectivity index (χ1n) is 20.9. The van der Waals surface area contributed by atoms with Gasteiger partial charge in [0.15, 0.2) is 0 Å². The second-order valence-electron chi connectivity index (χ2n) is 16.6. The summed E-state index contributed by atoms with van der Waals surface area (Å²) in [5.74, 6) is 0. The smallest absolute Gasteiger partial charge is 0.0547 e. The van der Waals surface area contributed by atoms with Crippen LogP contribution in [0.15, 0.2) is 212 Å². The van der Waals surface area contributed by atoms with Gasteiger partial charge in [-0.1, -0.05) is 129 Å². The molecule has 284 valence electrons. The number of para-hydroxylation sites is 4. The molecule has 0 unspecified atom stereocenters. The van der Waals surface area contributed by atoms with Crippen molar-refractivity contribution in [1.29, 1.82) is 0 Å². The van der Waals surface area contributed by atoms with Crippen molar-refractivity contribution in [2.75, 3.05) is 4.90 Å². The molecule has 0 aliphatic heterocycles. The third-order valence-corrected chi connectivity index (χ3v) is 12.9. The predicted molar refractivity (Wildman–Crippen MR) is 253 cm³/mol. The lowest BCUT2D eigenvalue weighted by molar-refractivity contribution is 0.661. The zero-order valence-electron chi connectivity index (χ0n) is 33.5. The highest BCUT2D eigenvalue weighted by Crippen LogP contribution is 2.51. The van der Waals surface area contributed by atoms with Crippen molar-refractivity contribution in [2.45, 2.75) is 19.3 Å². The van der Waals surface area contributed by atoms with E-state index in [1.54, 1.807) is 0 Å². The molecular formula is C57H41N3. The number of benzene rings is 9. The molecule has 0 N–H and O–H groups in total. The summed E-state index contributed by atoms with van der Waals surface area (Å²) in [6.45, 7) is 4.72. The standard InChI is InChI=1S/C57H41N3/c1-57(2)51-22-12-9-19-45(51)48-37-56-50(36-52(48)57)47-21-11-14-24-54(47)60(56)43-28-25-38(26-29-43)39-27-34-55-49(35-39)46-20-10-13-23-53(46)59(55)44-32-30-42(31-33-44)58(40-15-5-3-6-16-40)41-17-7-4-8-18-41/h3-37H,1-2H3. The Hall–Kier alpha value is -7.62. The van der Waals surface area contributed by atoms with Crippen LogP contribution in [0.25, 0.3) is 77.2 Å². The van der Waals surface area contributed by atoms with Gasteiger partial charge >= 0.3 is 0 Å². The first-order valence-corrected chi connectivity index (χ1v) is 20.9. The molecule has 0 bridgehead atoms. The van der Waals surface area contributed by atoms with E-state index in [0.29, 0.717) is 0 Å². The molecule has 0 fully saturated rings. The molecule has 11 aromatic rings. The summed E-state index contributed by atoms with van der Waals surface area (Å²) < 4.78 is 4.85. The maximum absolute atomic E-state index is 2.46. The topological polar surface area (TPSA) is 13.1 Å². The van der Waals surface area contributed by atoms with Crippen LogP contribution in [0.3, 0.4) is 0 Å². The summed E-state index contributed by atoms with van der Waals surface area (Å²) in [7, 11) is 0. The van der Waals surface area contributed by atoms with E-state index in [9.17, 15) is 0 Å². The van der Waals surface area contributed by atoms with Crippen LogP contribution in [-0.4, -0.2) is 9.13 Å². The third kappa shape index (κ3) is 5.15. The van der Waals surface area contributed by atoms with E-state index in [4.69, 9.17) is 0 Å². The van der Waals surface area contributed by atoms with Gasteiger partial charge in [0, 0.05) is 55.4 Å². The minimum Gasteiger partial charge on any atom is -0.311 e. The lowest BCUT2D eigenvalue weighted by Gasteiger charge is -2.25. The minimum absolute atomic E-state index is 0.0456. The molecule has 0 saturated heterocycles. The quantitative estimate of drug-likeness (QED) is 0.164. The van der Waals surface area contributed by atoms with Crippen LogP contribution in [0.5, 0.6) is 0 Å². The van der Waals surface area contributed by atoms with Crippen LogP contribution in [0, 0.1) is 0 Å². The second kappa shape index (κ2) is 13.2. The fourth-order valence-electron chi connectivity index (χ4n) is 10.0. The highest BCUT2D eigenvalue weighted by Gasteiger charge is 2.36. The molecule has 9 aromatic carbocycles. The minimum atomic E-state index is -0.0456. The highest BCUT2D eigenvalue weighted by atomic mass is 15.1. The molecular weight excluding hydrogens is 727 g/mol. The van der Waals surface area contributed by atoms with E-state index in [2.05, 4.69) is 240 Å². The van der Waals surface area contributed by atoms with Crippen LogP contribution in [0.4, 0.5) is 17.1 Å². The lowest BCUT2D eigenvalue weighted by Crippen LogP contribution is -2.14. The molecule has 60 heavy (non-hydrogen) atoms. The van der Waals surface area contributed by atoms with E-state index in [-0.39, 0.29) is 5.41 Å². The van der Waals surface area contributed by atoms with Gasteiger partial charge in [-0.15, -0.1) is 0 Å². The number of anilines is 3. The van der Waals surface area contributed by atoms with Gasteiger partial charge in [-0.2, -0.15) is 0 Å². The van der Waals surface area contributed by atoms with Crippen LogP contribution < -0.4 is 4.90 Å². The number of aromatic nitrogens is 2. The van der Waals surface area contributed by atoms with Gasteiger partial charge in [0.2, 0.25) is 0 Å². The van der Waals surface area contributed by atoms with Crippen LogP contribution in [-0.2, 0) is 5.41 Å². The van der Waals surface area contributed by atoms with Gasteiger partial charge < -0.3 is 14.0 Å². The summed E-state index contributed by atoms with van der Waals surface area (Å²) in [5, 5.41) is 5.07. The largest absolute Gasteiger partial charge is 0.311 e. The van der Waals surface area contributed by atoms with Gasteiger partial charge in [0.05, 0.1) is 22.1 Å². The summed E-state index contributed by atoms with van der Waals surface area (Å²) >= 11 is 0. The first kappa shape index (κ1) is 34.4. The molecule has 0 spiro atoms. The number of hydrogen-bond acceptors (Lipinski definition) is 1. The molecule has 2 heterocycles. The Balaban J connectivity index is 0.933. The van der Waals surface area contributed by atoms with Crippen molar-refractivity contribution in [3.8, 4) is 33.6 Å². The zero-order chi connectivity index (χ0) is 40.0. The molecule has 0 amide bonds. The SMILES string of the molecule is CC1(C)c2ccccc2-c2cc3c(cc21)c1ccccc1n3-c1ccc(-c2ccc3c(c2)c2ccccc2n3-c2ccc(N(c3ccccc3)c3ccccc3)cc2)cc1. The van der Waals surface area contributed by atoms with Crippen molar-refractivity contribution < 1.29 is 0 Å². The number of nitrogens with zero attached hydrogens (tertiary/aromatic N) is 3.